The predicted octanol–water partition coefficient (Wildman–Crippen LogP) is 1.37. The maximum absolute atomic E-state index is 12.6. The van der Waals surface area contributed by atoms with E-state index in [9.17, 15) is 8.42 Å². The molecule has 0 saturated carbocycles. The van der Waals surface area contributed by atoms with Crippen LogP contribution in [0.15, 0.2) is 29.2 Å². The van der Waals surface area contributed by atoms with Crippen LogP contribution >= 0.6 is 0 Å². The van der Waals surface area contributed by atoms with Crippen LogP contribution < -0.4 is 5.32 Å². The van der Waals surface area contributed by atoms with Gasteiger partial charge in [0, 0.05) is 25.2 Å². The van der Waals surface area contributed by atoms with E-state index in [-0.39, 0.29) is 5.54 Å². The van der Waals surface area contributed by atoms with Gasteiger partial charge < -0.3 is 5.32 Å². The van der Waals surface area contributed by atoms with Gasteiger partial charge in [-0.2, -0.15) is 4.31 Å². The number of aryl methyl sites for hydroxylation is 1. The maximum Gasteiger partial charge on any atom is 0.243 e. The minimum Gasteiger partial charge on any atom is -0.314 e. The smallest absolute Gasteiger partial charge is 0.243 e. The largest absolute Gasteiger partial charge is 0.314 e. The van der Waals surface area contributed by atoms with Crippen molar-refractivity contribution in [2.24, 2.45) is 0 Å². The van der Waals surface area contributed by atoms with Crippen LogP contribution in [0.4, 0.5) is 0 Å². The first-order valence-corrected chi connectivity index (χ1v) is 7.58. The number of hydrogen-bond acceptors (Lipinski definition) is 3. The third kappa shape index (κ3) is 2.43. The molecule has 18 heavy (non-hydrogen) atoms. The van der Waals surface area contributed by atoms with E-state index in [1.165, 1.54) is 0 Å². The van der Waals surface area contributed by atoms with Crippen molar-refractivity contribution in [2.45, 2.75) is 31.2 Å². The Kier molecular flexibility index (Phi) is 3.49. The zero-order valence-electron chi connectivity index (χ0n) is 11.1. The molecule has 100 valence electrons. The van der Waals surface area contributed by atoms with Gasteiger partial charge in [0.05, 0.1) is 4.90 Å². The molecule has 5 heteroatoms. The molecule has 0 spiro atoms. The van der Waals surface area contributed by atoms with E-state index >= 15 is 0 Å². The summed E-state index contributed by atoms with van der Waals surface area (Å²) in [7, 11) is -3.39. The Hall–Kier alpha value is -0.910. The van der Waals surface area contributed by atoms with Gasteiger partial charge in [-0.1, -0.05) is 17.7 Å². The molecule has 0 unspecified atom stereocenters. The van der Waals surface area contributed by atoms with E-state index in [2.05, 4.69) is 5.32 Å². The Balaban J connectivity index is 2.38. The molecular weight excluding hydrogens is 248 g/mol. The average molecular weight is 268 g/mol. The molecule has 1 saturated heterocycles. The molecule has 1 N–H and O–H groups in total. The Morgan fingerprint density at radius 2 is 1.83 bits per heavy atom. The Bertz CT molecular complexity index is 520. The van der Waals surface area contributed by atoms with Crippen LogP contribution in [0.5, 0.6) is 0 Å². The fourth-order valence-corrected chi connectivity index (χ4v) is 4.03. The highest BCUT2D eigenvalue weighted by molar-refractivity contribution is 7.89. The van der Waals surface area contributed by atoms with Crippen LogP contribution in [0, 0.1) is 6.92 Å². The number of nitrogens with zero attached hydrogens (tertiary/aromatic N) is 1. The molecule has 0 atom stereocenters. The quantitative estimate of drug-likeness (QED) is 0.881. The molecule has 1 aliphatic rings. The summed E-state index contributed by atoms with van der Waals surface area (Å²) in [4.78, 5) is 0.378. The fourth-order valence-electron chi connectivity index (χ4n) is 2.25. The molecule has 0 bridgehead atoms. The summed E-state index contributed by atoms with van der Waals surface area (Å²) in [5, 5.41) is 3.23. The molecule has 1 heterocycles. The summed E-state index contributed by atoms with van der Waals surface area (Å²) in [6, 6.07) is 7.04. The van der Waals surface area contributed by atoms with Crippen LogP contribution in [0.25, 0.3) is 0 Å². The van der Waals surface area contributed by atoms with Crippen molar-refractivity contribution < 1.29 is 8.42 Å². The molecule has 0 amide bonds. The Morgan fingerprint density at radius 3 is 2.39 bits per heavy atom. The van der Waals surface area contributed by atoms with E-state index in [4.69, 9.17) is 0 Å². The lowest BCUT2D eigenvalue weighted by Crippen LogP contribution is -2.59. The van der Waals surface area contributed by atoms with Crippen molar-refractivity contribution >= 4 is 10.0 Å². The zero-order valence-corrected chi connectivity index (χ0v) is 11.9. The van der Waals surface area contributed by atoms with Gasteiger partial charge >= 0.3 is 0 Å². The van der Waals surface area contributed by atoms with Crippen molar-refractivity contribution in [3.05, 3.63) is 29.8 Å². The maximum atomic E-state index is 12.6. The first-order chi connectivity index (χ1) is 8.34. The van der Waals surface area contributed by atoms with Crippen molar-refractivity contribution in [3.63, 3.8) is 0 Å². The lowest BCUT2D eigenvalue weighted by Gasteiger charge is -2.41. The molecule has 2 rings (SSSR count). The minimum atomic E-state index is -3.39. The van der Waals surface area contributed by atoms with Crippen LogP contribution in [-0.4, -0.2) is 37.9 Å². The van der Waals surface area contributed by atoms with Gasteiger partial charge in [0.15, 0.2) is 0 Å². The first-order valence-electron chi connectivity index (χ1n) is 6.14. The Labute approximate surface area is 109 Å². The van der Waals surface area contributed by atoms with Crippen LogP contribution in [0.1, 0.15) is 19.4 Å². The van der Waals surface area contributed by atoms with Gasteiger partial charge in [-0.15, -0.1) is 0 Å². The molecule has 4 nitrogen and oxygen atoms in total. The topological polar surface area (TPSA) is 49.4 Å². The molecule has 1 fully saturated rings. The molecule has 1 aromatic rings. The van der Waals surface area contributed by atoms with Crippen molar-refractivity contribution in [1.82, 2.24) is 9.62 Å². The highest BCUT2D eigenvalue weighted by Crippen LogP contribution is 2.25. The molecule has 1 aromatic carbocycles. The summed E-state index contributed by atoms with van der Waals surface area (Å²) in [5.74, 6) is 0. The number of piperazine rings is 1. The number of benzene rings is 1. The number of nitrogens with one attached hydrogen (secondary N) is 1. The fraction of sp³-hybridized carbons (Fsp3) is 0.538. The van der Waals surface area contributed by atoms with Crippen molar-refractivity contribution in [1.29, 1.82) is 0 Å². The average Bonchev–Trinajstić information content (AvgIpc) is 2.28. The van der Waals surface area contributed by atoms with Crippen LogP contribution in [-0.2, 0) is 10.0 Å². The van der Waals surface area contributed by atoms with Gasteiger partial charge in [0.2, 0.25) is 10.0 Å². The number of hydrogen-bond donors (Lipinski definition) is 1. The lowest BCUT2D eigenvalue weighted by molar-refractivity contribution is 0.186. The summed E-state index contributed by atoms with van der Waals surface area (Å²) < 4.78 is 26.8. The zero-order chi connectivity index (χ0) is 13.4. The highest BCUT2D eigenvalue weighted by atomic mass is 32.2. The number of sulfonamides is 1. The Morgan fingerprint density at radius 1 is 1.22 bits per heavy atom. The lowest BCUT2D eigenvalue weighted by atomic mass is 10.0. The van der Waals surface area contributed by atoms with E-state index in [1.807, 2.05) is 32.9 Å². The third-order valence-electron chi connectivity index (χ3n) is 3.33. The van der Waals surface area contributed by atoms with Crippen molar-refractivity contribution in [3.8, 4) is 0 Å². The van der Waals surface area contributed by atoms with Crippen LogP contribution in [0.2, 0.25) is 0 Å². The second kappa shape index (κ2) is 4.64. The second-order valence-corrected chi connectivity index (χ2v) is 7.24. The van der Waals surface area contributed by atoms with Gasteiger partial charge in [0.25, 0.3) is 0 Å². The van der Waals surface area contributed by atoms with Gasteiger partial charge in [-0.3, -0.25) is 0 Å². The highest BCUT2D eigenvalue weighted by Gasteiger charge is 2.38. The van der Waals surface area contributed by atoms with E-state index < -0.39 is 10.0 Å². The predicted molar refractivity (Wildman–Crippen MR) is 72.0 cm³/mol. The van der Waals surface area contributed by atoms with Gasteiger partial charge in [0.1, 0.15) is 0 Å². The SMILES string of the molecule is Cc1ccc(S(=O)(=O)N2CCNCC2(C)C)cc1. The standard InChI is InChI=1S/C13H20N2O2S/c1-11-4-6-12(7-5-11)18(16,17)15-9-8-14-10-13(15,2)3/h4-7,14H,8-10H2,1-3H3. The first kappa shape index (κ1) is 13.5. The van der Waals surface area contributed by atoms with Crippen LogP contribution in [0.3, 0.4) is 0 Å². The monoisotopic (exact) mass is 268 g/mol. The summed E-state index contributed by atoms with van der Waals surface area (Å²) >= 11 is 0. The van der Waals surface area contributed by atoms with E-state index in [1.54, 1.807) is 16.4 Å². The van der Waals surface area contributed by atoms with E-state index in [0.717, 1.165) is 5.56 Å². The molecule has 0 aromatic heterocycles. The molecule has 0 radical (unpaired) electrons. The molecule has 0 aliphatic carbocycles. The summed E-state index contributed by atoms with van der Waals surface area (Å²) in [6.45, 7) is 7.75. The second-order valence-electron chi connectivity index (χ2n) is 5.38. The van der Waals surface area contributed by atoms with Crippen molar-refractivity contribution in [2.75, 3.05) is 19.6 Å². The van der Waals surface area contributed by atoms with Gasteiger partial charge in [-0.25, -0.2) is 8.42 Å². The summed E-state index contributed by atoms with van der Waals surface area (Å²) in [6.07, 6.45) is 0. The molecule has 1 aliphatic heterocycles. The number of rotatable bonds is 2. The van der Waals surface area contributed by atoms with E-state index in [0.29, 0.717) is 24.5 Å². The summed E-state index contributed by atoms with van der Waals surface area (Å²) in [5.41, 5.74) is 0.677. The third-order valence-corrected chi connectivity index (χ3v) is 5.46. The van der Waals surface area contributed by atoms with Gasteiger partial charge in [-0.05, 0) is 32.9 Å². The molecular formula is C13H20N2O2S. The minimum absolute atomic E-state index is 0.378. The normalized spacial score (nSPS) is 20.8.